The maximum atomic E-state index is 10.2. The van der Waals surface area contributed by atoms with Crippen molar-refractivity contribution in [3.05, 3.63) is 42.7 Å². The first-order chi connectivity index (χ1) is 9.78. The van der Waals surface area contributed by atoms with Crippen molar-refractivity contribution in [2.45, 2.75) is 37.8 Å². The van der Waals surface area contributed by atoms with Crippen molar-refractivity contribution in [2.24, 2.45) is 0 Å². The van der Waals surface area contributed by atoms with Crippen molar-refractivity contribution in [2.75, 3.05) is 7.05 Å². The predicted octanol–water partition coefficient (Wildman–Crippen LogP) is 3.56. The fraction of sp³-hybridized carbons (Fsp3) is 0.412. The summed E-state index contributed by atoms with van der Waals surface area (Å²) in [6.07, 6.45) is 8.80. The molecular weight excluding hydrogens is 248 g/mol. The molecule has 1 heterocycles. The zero-order valence-electron chi connectivity index (χ0n) is 11.9. The number of nitrogens with zero attached hydrogens (tertiary/aromatic N) is 1. The van der Waals surface area contributed by atoms with Crippen molar-refractivity contribution in [3.8, 4) is 16.9 Å². The Kier molecular flexibility index (Phi) is 3.79. The highest BCUT2D eigenvalue weighted by Gasteiger charge is 2.23. The number of hydrogen-bond acceptors (Lipinski definition) is 2. The number of nitrogens with one attached hydrogen (secondary N) is 1. The molecule has 2 unspecified atom stereocenters. The summed E-state index contributed by atoms with van der Waals surface area (Å²) in [5, 5.41) is 13.6. The normalized spacial score (nSPS) is 22.9. The van der Waals surface area contributed by atoms with E-state index in [0.29, 0.717) is 17.8 Å². The fourth-order valence-electron chi connectivity index (χ4n) is 3.21. The summed E-state index contributed by atoms with van der Waals surface area (Å²) < 4.78 is 2.20. The summed E-state index contributed by atoms with van der Waals surface area (Å²) in [7, 11) is 2.04. The van der Waals surface area contributed by atoms with Crippen LogP contribution < -0.4 is 5.32 Å². The highest BCUT2D eigenvalue weighted by Crippen LogP contribution is 2.35. The third-order valence-electron chi connectivity index (χ3n) is 4.39. The van der Waals surface area contributed by atoms with Gasteiger partial charge in [-0.15, -0.1) is 0 Å². The molecule has 0 bridgehead atoms. The monoisotopic (exact) mass is 270 g/mol. The van der Waals surface area contributed by atoms with E-state index in [-0.39, 0.29) is 0 Å². The van der Waals surface area contributed by atoms with E-state index in [1.807, 2.05) is 43.6 Å². The summed E-state index contributed by atoms with van der Waals surface area (Å²) >= 11 is 0. The molecular formula is C17H22N2O. The van der Waals surface area contributed by atoms with E-state index in [0.717, 1.165) is 17.5 Å². The van der Waals surface area contributed by atoms with Gasteiger partial charge in [0.15, 0.2) is 0 Å². The predicted molar refractivity (Wildman–Crippen MR) is 81.9 cm³/mol. The van der Waals surface area contributed by atoms with E-state index in [1.165, 1.54) is 19.3 Å². The number of rotatable bonds is 3. The molecule has 2 N–H and O–H groups in total. The van der Waals surface area contributed by atoms with E-state index in [1.54, 1.807) is 0 Å². The smallest absolute Gasteiger partial charge is 0.141 e. The Hall–Kier alpha value is -1.74. The molecule has 1 aliphatic carbocycles. The summed E-state index contributed by atoms with van der Waals surface area (Å²) in [5.74, 6) is 0.378. The number of aromatic hydroxyl groups is 1. The zero-order chi connectivity index (χ0) is 13.9. The lowest BCUT2D eigenvalue weighted by atomic mass is 9.91. The number of hydrogen-bond donors (Lipinski definition) is 2. The van der Waals surface area contributed by atoms with Gasteiger partial charge in [-0.2, -0.15) is 0 Å². The Morgan fingerprint density at radius 1 is 1.15 bits per heavy atom. The third-order valence-corrected chi connectivity index (χ3v) is 4.39. The average Bonchev–Trinajstić information content (AvgIpc) is 2.90. The molecule has 20 heavy (non-hydrogen) atoms. The summed E-state index contributed by atoms with van der Waals surface area (Å²) in [5.41, 5.74) is 2.00. The number of benzene rings is 1. The van der Waals surface area contributed by atoms with Gasteiger partial charge in [0, 0.05) is 30.0 Å². The first-order valence-corrected chi connectivity index (χ1v) is 7.41. The second kappa shape index (κ2) is 5.71. The van der Waals surface area contributed by atoms with E-state index in [2.05, 4.69) is 16.1 Å². The van der Waals surface area contributed by atoms with E-state index in [4.69, 9.17) is 0 Å². The lowest BCUT2D eigenvalue weighted by Crippen LogP contribution is -2.32. The molecule has 1 aliphatic rings. The molecule has 2 aromatic rings. The van der Waals surface area contributed by atoms with Crippen LogP contribution in [-0.2, 0) is 0 Å². The van der Waals surface area contributed by atoms with Gasteiger partial charge in [0.2, 0.25) is 0 Å². The quantitative estimate of drug-likeness (QED) is 0.894. The van der Waals surface area contributed by atoms with Gasteiger partial charge in [0.25, 0.3) is 0 Å². The van der Waals surface area contributed by atoms with Crippen LogP contribution in [0.3, 0.4) is 0 Å². The second-order valence-corrected chi connectivity index (χ2v) is 5.68. The second-order valence-electron chi connectivity index (χ2n) is 5.68. The topological polar surface area (TPSA) is 37.2 Å². The molecule has 1 aromatic heterocycles. The summed E-state index contributed by atoms with van der Waals surface area (Å²) in [6.45, 7) is 0. The van der Waals surface area contributed by atoms with Crippen LogP contribution in [0.5, 0.6) is 5.75 Å². The Morgan fingerprint density at radius 3 is 2.70 bits per heavy atom. The van der Waals surface area contributed by atoms with Crippen LogP contribution >= 0.6 is 0 Å². The molecule has 0 saturated heterocycles. The summed E-state index contributed by atoms with van der Waals surface area (Å²) in [4.78, 5) is 0. The van der Waals surface area contributed by atoms with Crippen molar-refractivity contribution in [1.29, 1.82) is 0 Å². The van der Waals surface area contributed by atoms with Gasteiger partial charge in [-0.1, -0.05) is 30.3 Å². The van der Waals surface area contributed by atoms with Crippen molar-refractivity contribution in [1.82, 2.24) is 9.88 Å². The van der Waals surface area contributed by atoms with Crippen molar-refractivity contribution in [3.63, 3.8) is 0 Å². The maximum absolute atomic E-state index is 10.2. The SMILES string of the molecule is CNC1CCCC(n2cc(O)c(-c3ccccc3)c2)C1. The highest BCUT2D eigenvalue weighted by atomic mass is 16.3. The van der Waals surface area contributed by atoms with Crippen LogP contribution in [0.15, 0.2) is 42.7 Å². The molecule has 3 nitrogen and oxygen atoms in total. The standard InChI is InChI=1S/C17H22N2O/c1-18-14-8-5-9-15(10-14)19-11-16(17(20)12-19)13-6-3-2-4-7-13/h2-4,6-7,11-12,14-15,18,20H,5,8-10H2,1H3. The largest absolute Gasteiger partial charge is 0.506 e. The van der Waals surface area contributed by atoms with Crippen LogP contribution in [0.4, 0.5) is 0 Å². The van der Waals surface area contributed by atoms with Gasteiger partial charge in [0.1, 0.15) is 5.75 Å². The molecule has 3 heteroatoms. The molecule has 0 amide bonds. The van der Waals surface area contributed by atoms with Gasteiger partial charge in [0.05, 0.1) is 0 Å². The van der Waals surface area contributed by atoms with E-state index in [9.17, 15) is 5.11 Å². The Morgan fingerprint density at radius 2 is 1.95 bits per heavy atom. The zero-order valence-corrected chi connectivity index (χ0v) is 11.9. The molecule has 1 fully saturated rings. The van der Waals surface area contributed by atoms with Crippen LogP contribution in [-0.4, -0.2) is 22.8 Å². The van der Waals surface area contributed by atoms with Gasteiger partial charge in [-0.25, -0.2) is 0 Å². The van der Waals surface area contributed by atoms with Gasteiger partial charge in [-0.05, 0) is 38.3 Å². The van der Waals surface area contributed by atoms with Crippen molar-refractivity contribution < 1.29 is 5.11 Å². The summed E-state index contributed by atoms with van der Waals surface area (Å²) in [6, 6.07) is 11.2. The average molecular weight is 270 g/mol. The Labute approximate surface area is 120 Å². The molecule has 1 saturated carbocycles. The minimum atomic E-state index is 0.378. The minimum absolute atomic E-state index is 0.378. The Bertz CT molecular complexity index is 562. The van der Waals surface area contributed by atoms with E-state index < -0.39 is 0 Å². The molecule has 1 aromatic carbocycles. The first-order valence-electron chi connectivity index (χ1n) is 7.41. The third kappa shape index (κ3) is 2.59. The molecule has 0 spiro atoms. The molecule has 0 aliphatic heterocycles. The van der Waals surface area contributed by atoms with Crippen LogP contribution in [0.25, 0.3) is 11.1 Å². The van der Waals surface area contributed by atoms with Gasteiger partial charge < -0.3 is 15.0 Å². The molecule has 106 valence electrons. The molecule has 3 rings (SSSR count). The Balaban J connectivity index is 1.85. The first kappa shape index (κ1) is 13.3. The highest BCUT2D eigenvalue weighted by molar-refractivity contribution is 5.69. The van der Waals surface area contributed by atoms with Crippen LogP contribution in [0.2, 0.25) is 0 Å². The molecule has 2 atom stereocenters. The fourth-order valence-corrected chi connectivity index (χ4v) is 3.21. The van der Waals surface area contributed by atoms with Gasteiger partial charge in [-0.3, -0.25) is 0 Å². The van der Waals surface area contributed by atoms with Crippen LogP contribution in [0.1, 0.15) is 31.7 Å². The maximum Gasteiger partial charge on any atom is 0.141 e. The lowest BCUT2D eigenvalue weighted by Gasteiger charge is -2.29. The minimum Gasteiger partial charge on any atom is -0.506 e. The van der Waals surface area contributed by atoms with Gasteiger partial charge >= 0.3 is 0 Å². The number of aromatic nitrogens is 1. The van der Waals surface area contributed by atoms with Crippen LogP contribution in [0, 0.1) is 0 Å². The molecule has 0 radical (unpaired) electrons. The van der Waals surface area contributed by atoms with E-state index >= 15 is 0 Å². The van der Waals surface area contributed by atoms with Crippen molar-refractivity contribution >= 4 is 0 Å². The lowest BCUT2D eigenvalue weighted by molar-refractivity contribution is 0.294.